The predicted octanol–water partition coefficient (Wildman–Crippen LogP) is 4.32. The highest BCUT2D eigenvalue weighted by atomic mass is 35.5. The number of hydrogen-bond donors (Lipinski definition) is 1. The van der Waals surface area contributed by atoms with Crippen LogP contribution in [0.15, 0.2) is 18.2 Å². The van der Waals surface area contributed by atoms with Gasteiger partial charge in [0, 0.05) is 29.4 Å². The predicted molar refractivity (Wildman–Crippen MR) is 87.5 cm³/mol. The molecule has 21 heavy (non-hydrogen) atoms. The number of aryl methyl sites for hydroxylation is 2. The van der Waals surface area contributed by atoms with Gasteiger partial charge in [0.25, 0.3) is 0 Å². The molecule has 0 aliphatic heterocycles. The van der Waals surface area contributed by atoms with Gasteiger partial charge in [-0.1, -0.05) is 40.9 Å². The van der Waals surface area contributed by atoms with E-state index >= 15 is 0 Å². The van der Waals surface area contributed by atoms with Gasteiger partial charge in [-0.3, -0.25) is 4.68 Å². The Morgan fingerprint density at radius 3 is 2.57 bits per heavy atom. The van der Waals surface area contributed by atoms with E-state index in [0.717, 1.165) is 23.5 Å². The second-order valence-electron chi connectivity index (χ2n) is 4.96. The summed E-state index contributed by atoms with van der Waals surface area (Å²) >= 11 is 18.3. The summed E-state index contributed by atoms with van der Waals surface area (Å²) in [6.07, 6.45) is 0.301. The van der Waals surface area contributed by atoms with Crippen molar-refractivity contribution in [1.29, 1.82) is 0 Å². The SMILES string of the molecule is CCn1nc(C)c(Cl)c1CC(O)Cc1ccc(Cl)cc1Cl. The molecule has 0 bridgehead atoms. The monoisotopic (exact) mass is 346 g/mol. The third kappa shape index (κ3) is 3.92. The van der Waals surface area contributed by atoms with Gasteiger partial charge in [0.05, 0.1) is 22.5 Å². The normalized spacial score (nSPS) is 12.7. The summed E-state index contributed by atoms with van der Waals surface area (Å²) < 4.78 is 1.82. The van der Waals surface area contributed by atoms with Crippen LogP contribution < -0.4 is 0 Å². The van der Waals surface area contributed by atoms with Crippen molar-refractivity contribution in [3.05, 3.63) is 50.2 Å². The van der Waals surface area contributed by atoms with Gasteiger partial charge in [-0.2, -0.15) is 5.10 Å². The fourth-order valence-corrected chi connectivity index (χ4v) is 3.00. The first-order valence-electron chi connectivity index (χ1n) is 6.76. The zero-order valence-corrected chi connectivity index (χ0v) is 14.2. The number of benzene rings is 1. The topological polar surface area (TPSA) is 38.0 Å². The molecule has 0 amide bonds. The van der Waals surface area contributed by atoms with E-state index in [1.807, 2.05) is 24.6 Å². The lowest BCUT2D eigenvalue weighted by atomic mass is 10.0. The molecule has 1 N–H and O–H groups in total. The first-order chi connectivity index (χ1) is 9.92. The highest BCUT2D eigenvalue weighted by Gasteiger charge is 2.17. The number of aromatic nitrogens is 2. The third-order valence-electron chi connectivity index (χ3n) is 3.35. The molecule has 0 saturated heterocycles. The van der Waals surface area contributed by atoms with Crippen molar-refractivity contribution in [3.8, 4) is 0 Å². The van der Waals surface area contributed by atoms with Gasteiger partial charge < -0.3 is 5.11 Å². The van der Waals surface area contributed by atoms with Gasteiger partial charge in [-0.05, 0) is 31.5 Å². The molecule has 2 rings (SSSR count). The molecule has 0 radical (unpaired) electrons. The minimum absolute atomic E-state index is 0.437. The van der Waals surface area contributed by atoms with Gasteiger partial charge in [0.1, 0.15) is 0 Å². The smallest absolute Gasteiger partial charge is 0.0848 e. The van der Waals surface area contributed by atoms with Crippen molar-refractivity contribution < 1.29 is 5.11 Å². The first kappa shape index (κ1) is 16.6. The van der Waals surface area contributed by atoms with E-state index in [0.29, 0.717) is 27.9 Å². The van der Waals surface area contributed by atoms with Crippen LogP contribution in [-0.2, 0) is 19.4 Å². The fourth-order valence-electron chi connectivity index (χ4n) is 2.30. The Balaban J connectivity index is 2.13. The van der Waals surface area contributed by atoms with Crippen LogP contribution in [0.3, 0.4) is 0 Å². The zero-order valence-electron chi connectivity index (χ0n) is 11.9. The fraction of sp³-hybridized carbons (Fsp3) is 0.400. The summed E-state index contributed by atoms with van der Waals surface area (Å²) in [4.78, 5) is 0. The molecule has 1 heterocycles. The van der Waals surface area contributed by atoms with Crippen LogP contribution in [0.1, 0.15) is 23.9 Å². The first-order valence-corrected chi connectivity index (χ1v) is 7.89. The average Bonchev–Trinajstić information content (AvgIpc) is 2.69. The van der Waals surface area contributed by atoms with Gasteiger partial charge in [0.2, 0.25) is 0 Å². The number of nitrogens with zero attached hydrogens (tertiary/aromatic N) is 2. The Morgan fingerprint density at radius 1 is 1.24 bits per heavy atom. The van der Waals surface area contributed by atoms with E-state index in [2.05, 4.69) is 5.10 Å². The molecular formula is C15H17Cl3N2O. The van der Waals surface area contributed by atoms with Crippen LogP contribution in [0.25, 0.3) is 0 Å². The summed E-state index contributed by atoms with van der Waals surface area (Å²) in [5.41, 5.74) is 2.50. The van der Waals surface area contributed by atoms with Crippen molar-refractivity contribution in [1.82, 2.24) is 9.78 Å². The zero-order chi connectivity index (χ0) is 15.6. The van der Waals surface area contributed by atoms with Gasteiger partial charge in [-0.15, -0.1) is 0 Å². The molecule has 0 aliphatic rings. The van der Waals surface area contributed by atoms with E-state index in [9.17, 15) is 5.11 Å². The van der Waals surface area contributed by atoms with Gasteiger partial charge in [-0.25, -0.2) is 0 Å². The summed E-state index contributed by atoms with van der Waals surface area (Å²) in [5.74, 6) is 0. The number of halogens is 3. The summed E-state index contributed by atoms with van der Waals surface area (Å²) in [6, 6.07) is 5.28. The second-order valence-corrected chi connectivity index (χ2v) is 6.18. The molecule has 1 atom stereocenters. The average molecular weight is 348 g/mol. The van der Waals surface area contributed by atoms with E-state index in [1.165, 1.54) is 0 Å². The lowest BCUT2D eigenvalue weighted by Crippen LogP contribution is -2.17. The Labute approximate surface area is 139 Å². The molecular weight excluding hydrogens is 331 g/mol. The number of aliphatic hydroxyl groups is 1. The van der Waals surface area contributed by atoms with Crippen LogP contribution in [0.2, 0.25) is 15.1 Å². The maximum atomic E-state index is 10.3. The standard InChI is InChI=1S/C15H17Cl3N2O/c1-3-20-14(15(18)9(2)19-20)8-12(21)6-10-4-5-11(16)7-13(10)17/h4-5,7,12,21H,3,6,8H2,1-2H3. The second kappa shape index (κ2) is 7.01. The van der Waals surface area contributed by atoms with Crippen molar-refractivity contribution in [2.75, 3.05) is 0 Å². The third-order valence-corrected chi connectivity index (χ3v) is 4.43. The van der Waals surface area contributed by atoms with Gasteiger partial charge in [0.15, 0.2) is 0 Å². The molecule has 3 nitrogen and oxygen atoms in total. The summed E-state index contributed by atoms with van der Waals surface area (Å²) in [7, 11) is 0. The number of hydrogen-bond acceptors (Lipinski definition) is 2. The molecule has 114 valence electrons. The van der Waals surface area contributed by atoms with Crippen molar-refractivity contribution in [3.63, 3.8) is 0 Å². The lowest BCUT2D eigenvalue weighted by molar-refractivity contribution is 0.172. The Hall–Kier alpha value is -0.740. The molecule has 1 aromatic carbocycles. The van der Waals surface area contributed by atoms with Crippen molar-refractivity contribution in [2.45, 2.75) is 39.3 Å². The van der Waals surface area contributed by atoms with Crippen LogP contribution >= 0.6 is 34.8 Å². The minimum atomic E-state index is -0.581. The maximum absolute atomic E-state index is 10.3. The number of rotatable bonds is 5. The quantitative estimate of drug-likeness (QED) is 0.875. The van der Waals surface area contributed by atoms with Crippen molar-refractivity contribution >= 4 is 34.8 Å². The molecule has 0 spiro atoms. The molecule has 6 heteroatoms. The number of aliphatic hydroxyl groups excluding tert-OH is 1. The highest BCUT2D eigenvalue weighted by Crippen LogP contribution is 2.25. The maximum Gasteiger partial charge on any atom is 0.0848 e. The van der Waals surface area contributed by atoms with E-state index < -0.39 is 6.10 Å². The summed E-state index contributed by atoms with van der Waals surface area (Å²) in [6.45, 7) is 4.58. The van der Waals surface area contributed by atoms with Crippen LogP contribution in [0.4, 0.5) is 0 Å². The van der Waals surface area contributed by atoms with Crippen molar-refractivity contribution in [2.24, 2.45) is 0 Å². The molecule has 1 unspecified atom stereocenters. The Morgan fingerprint density at radius 2 is 1.95 bits per heavy atom. The van der Waals surface area contributed by atoms with Gasteiger partial charge >= 0.3 is 0 Å². The highest BCUT2D eigenvalue weighted by molar-refractivity contribution is 6.35. The lowest BCUT2D eigenvalue weighted by Gasteiger charge is -2.13. The summed E-state index contributed by atoms with van der Waals surface area (Å²) in [5, 5.41) is 16.4. The molecule has 2 aromatic rings. The van der Waals surface area contributed by atoms with Crippen LogP contribution in [-0.4, -0.2) is 21.0 Å². The Kier molecular flexibility index (Phi) is 5.55. The molecule has 0 fully saturated rings. The minimum Gasteiger partial charge on any atom is -0.392 e. The largest absolute Gasteiger partial charge is 0.392 e. The molecule has 0 saturated carbocycles. The van der Waals surface area contributed by atoms with E-state index in [4.69, 9.17) is 34.8 Å². The molecule has 0 aliphatic carbocycles. The molecule has 1 aromatic heterocycles. The van der Waals surface area contributed by atoms with Crippen LogP contribution in [0.5, 0.6) is 0 Å². The Bertz CT molecular complexity index is 640. The van der Waals surface area contributed by atoms with E-state index in [-0.39, 0.29) is 0 Å². The van der Waals surface area contributed by atoms with E-state index in [1.54, 1.807) is 12.1 Å². The van der Waals surface area contributed by atoms with Crippen LogP contribution in [0, 0.1) is 6.92 Å².